The number of nitrogens with zero attached hydrogens (tertiary/aromatic N) is 1. The first-order valence-electron chi connectivity index (χ1n) is 22.6. The number of unbranched alkanes of at least 4 members (excludes halogenated alkanes) is 17. The Morgan fingerprint density at radius 2 is 1.02 bits per heavy atom. The van der Waals surface area contributed by atoms with E-state index in [1.54, 1.807) is 0 Å². The first-order chi connectivity index (χ1) is 25.0. The van der Waals surface area contributed by atoms with Crippen molar-refractivity contribution < 1.29 is 24.2 Å². The van der Waals surface area contributed by atoms with Gasteiger partial charge in [0.15, 0.2) is 0 Å². The van der Waals surface area contributed by atoms with Gasteiger partial charge in [0, 0.05) is 13.0 Å². The molecule has 0 atom stereocenters. The highest BCUT2D eigenvalue weighted by Crippen LogP contribution is 2.53. The number of aliphatic hydroxyl groups is 1. The van der Waals surface area contributed by atoms with E-state index in [4.69, 9.17) is 9.47 Å². The van der Waals surface area contributed by atoms with Crippen LogP contribution in [0.5, 0.6) is 0 Å². The van der Waals surface area contributed by atoms with Gasteiger partial charge in [0.25, 0.3) is 0 Å². The van der Waals surface area contributed by atoms with Crippen molar-refractivity contribution in [3.05, 3.63) is 0 Å². The lowest BCUT2D eigenvalue weighted by atomic mass is 9.91. The topological polar surface area (TPSA) is 76.1 Å². The minimum absolute atomic E-state index is 0.0199. The summed E-state index contributed by atoms with van der Waals surface area (Å²) < 4.78 is 11.2. The van der Waals surface area contributed by atoms with Gasteiger partial charge in [0.1, 0.15) is 0 Å². The summed E-state index contributed by atoms with van der Waals surface area (Å²) in [6.45, 7) is 11.6. The molecule has 1 aliphatic rings. The van der Waals surface area contributed by atoms with Gasteiger partial charge in [-0.1, -0.05) is 143 Å². The Hall–Kier alpha value is -1.14. The standard InChI is InChI=1S/C45H87NO5/c1-4-7-10-11-12-16-26-39-50-43(48)31-20-14-13-15-22-35-46(37-24-25-38-47)36-23-17-21-32-45(33-34-45)41-44(49)51-40-27-30-42(28-18-8-5-2)29-19-9-6-3/h42,47H,4-41H2,1-3H3. The first-order valence-corrected chi connectivity index (χ1v) is 22.6. The number of aliphatic hydroxyl groups excluding tert-OH is 1. The average Bonchev–Trinajstić information content (AvgIpc) is 3.89. The number of rotatable bonds is 40. The summed E-state index contributed by atoms with van der Waals surface area (Å²) in [5.74, 6) is 0.823. The molecule has 0 spiro atoms. The van der Waals surface area contributed by atoms with Crippen molar-refractivity contribution in [2.75, 3.05) is 39.5 Å². The minimum atomic E-state index is -0.0199. The number of hydrogen-bond acceptors (Lipinski definition) is 6. The lowest BCUT2D eigenvalue weighted by molar-refractivity contribution is -0.145. The van der Waals surface area contributed by atoms with Crippen LogP contribution in [0.3, 0.4) is 0 Å². The second-order valence-corrected chi connectivity index (χ2v) is 16.3. The molecule has 0 radical (unpaired) electrons. The number of esters is 2. The van der Waals surface area contributed by atoms with Gasteiger partial charge in [-0.2, -0.15) is 0 Å². The van der Waals surface area contributed by atoms with Crippen molar-refractivity contribution in [3.8, 4) is 0 Å². The highest BCUT2D eigenvalue weighted by Gasteiger charge is 2.43. The van der Waals surface area contributed by atoms with Crippen molar-refractivity contribution in [3.63, 3.8) is 0 Å². The van der Waals surface area contributed by atoms with Gasteiger partial charge in [-0.25, -0.2) is 0 Å². The van der Waals surface area contributed by atoms with Crippen molar-refractivity contribution in [1.82, 2.24) is 4.90 Å². The third-order valence-corrected chi connectivity index (χ3v) is 11.4. The molecule has 6 heteroatoms. The molecule has 0 aromatic carbocycles. The third kappa shape index (κ3) is 29.9. The van der Waals surface area contributed by atoms with E-state index in [1.165, 1.54) is 148 Å². The molecule has 6 nitrogen and oxygen atoms in total. The molecule has 1 N–H and O–H groups in total. The van der Waals surface area contributed by atoms with Crippen LogP contribution >= 0.6 is 0 Å². The molecule has 0 unspecified atom stereocenters. The smallest absolute Gasteiger partial charge is 0.306 e. The van der Waals surface area contributed by atoms with E-state index >= 15 is 0 Å². The molecule has 0 aromatic heterocycles. The zero-order valence-corrected chi connectivity index (χ0v) is 34.5. The zero-order valence-electron chi connectivity index (χ0n) is 34.5. The van der Waals surface area contributed by atoms with E-state index in [2.05, 4.69) is 25.7 Å². The van der Waals surface area contributed by atoms with Crippen molar-refractivity contribution in [2.24, 2.45) is 11.3 Å². The van der Waals surface area contributed by atoms with Crippen molar-refractivity contribution in [1.29, 1.82) is 0 Å². The molecule has 302 valence electrons. The molecule has 1 aliphatic carbocycles. The van der Waals surface area contributed by atoms with Crippen LogP contribution in [-0.4, -0.2) is 61.4 Å². The Labute approximate surface area is 317 Å². The van der Waals surface area contributed by atoms with E-state index in [1.807, 2.05) is 0 Å². The number of ether oxygens (including phenoxy) is 2. The van der Waals surface area contributed by atoms with E-state index in [-0.39, 0.29) is 24.0 Å². The summed E-state index contributed by atoms with van der Waals surface area (Å²) in [5, 5.41) is 9.28. The predicted octanol–water partition coefficient (Wildman–Crippen LogP) is 12.5. The average molecular weight is 722 g/mol. The number of carbonyl (C=O) groups excluding carboxylic acids is 2. The Morgan fingerprint density at radius 1 is 0.549 bits per heavy atom. The Morgan fingerprint density at radius 3 is 1.63 bits per heavy atom. The largest absolute Gasteiger partial charge is 0.466 e. The van der Waals surface area contributed by atoms with E-state index in [9.17, 15) is 14.7 Å². The lowest BCUT2D eigenvalue weighted by Crippen LogP contribution is -2.27. The van der Waals surface area contributed by atoms with Crippen LogP contribution in [0.4, 0.5) is 0 Å². The van der Waals surface area contributed by atoms with Gasteiger partial charge in [-0.3, -0.25) is 9.59 Å². The van der Waals surface area contributed by atoms with Gasteiger partial charge in [-0.05, 0) is 102 Å². The second kappa shape index (κ2) is 34.6. The summed E-state index contributed by atoms with van der Waals surface area (Å²) >= 11 is 0. The Balaban J connectivity index is 2.14. The predicted molar refractivity (Wildman–Crippen MR) is 216 cm³/mol. The second-order valence-electron chi connectivity index (χ2n) is 16.3. The molecule has 1 saturated carbocycles. The quantitative estimate of drug-likeness (QED) is 0.0501. The molecular formula is C45H87NO5. The molecule has 0 aromatic rings. The molecule has 0 heterocycles. The molecule has 0 aliphatic heterocycles. The van der Waals surface area contributed by atoms with Crippen LogP contribution in [-0.2, 0) is 19.1 Å². The fourth-order valence-electron chi connectivity index (χ4n) is 7.65. The molecule has 1 rings (SSSR count). The summed E-state index contributed by atoms with van der Waals surface area (Å²) in [7, 11) is 0. The van der Waals surface area contributed by atoms with Crippen molar-refractivity contribution in [2.45, 2.75) is 226 Å². The maximum absolute atomic E-state index is 12.7. The number of hydrogen-bond donors (Lipinski definition) is 1. The minimum Gasteiger partial charge on any atom is -0.466 e. The maximum atomic E-state index is 12.7. The molecule has 0 amide bonds. The normalized spacial score (nSPS) is 13.7. The van der Waals surface area contributed by atoms with Crippen LogP contribution in [0, 0.1) is 11.3 Å². The van der Waals surface area contributed by atoms with Crippen LogP contribution in [0.1, 0.15) is 226 Å². The highest BCUT2D eigenvalue weighted by atomic mass is 16.5. The number of carbonyl (C=O) groups is 2. The monoisotopic (exact) mass is 722 g/mol. The highest BCUT2D eigenvalue weighted by molar-refractivity contribution is 5.70. The Kier molecular flexibility index (Phi) is 32.5. The van der Waals surface area contributed by atoms with Crippen molar-refractivity contribution >= 4 is 11.9 Å². The molecule has 0 saturated heterocycles. The summed E-state index contributed by atoms with van der Waals surface area (Å²) in [6.07, 6.45) is 37.5. The molecular weight excluding hydrogens is 634 g/mol. The van der Waals surface area contributed by atoms with Crippen LogP contribution in [0.2, 0.25) is 0 Å². The lowest BCUT2D eigenvalue weighted by Gasteiger charge is -2.22. The van der Waals surface area contributed by atoms with E-state index < -0.39 is 0 Å². The molecule has 0 bridgehead atoms. The van der Waals surface area contributed by atoms with Crippen LogP contribution < -0.4 is 0 Å². The Bertz CT molecular complexity index is 775. The van der Waals surface area contributed by atoms with Crippen LogP contribution in [0.25, 0.3) is 0 Å². The zero-order chi connectivity index (χ0) is 37.1. The molecule has 1 fully saturated rings. The SMILES string of the molecule is CCCCCCCCCOC(=O)CCCCCCCN(CCCCO)CCCCCC1(CC(=O)OCCCC(CCCCC)CCCCC)CC1. The first kappa shape index (κ1) is 47.9. The summed E-state index contributed by atoms with van der Waals surface area (Å²) in [4.78, 5) is 27.3. The van der Waals surface area contributed by atoms with Gasteiger partial charge in [0.05, 0.1) is 19.6 Å². The summed E-state index contributed by atoms with van der Waals surface area (Å²) in [5.41, 5.74) is 0.227. The van der Waals surface area contributed by atoms with E-state index in [0.717, 1.165) is 70.5 Å². The van der Waals surface area contributed by atoms with Gasteiger partial charge in [0.2, 0.25) is 0 Å². The fraction of sp³-hybridized carbons (Fsp3) is 0.956. The third-order valence-electron chi connectivity index (χ3n) is 11.4. The van der Waals surface area contributed by atoms with E-state index in [0.29, 0.717) is 26.1 Å². The van der Waals surface area contributed by atoms with Gasteiger partial charge >= 0.3 is 11.9 Å². The van der Waals surface area contributed by atoms with Gasteiger partial charge < -0.3 is 19.5 Å². The van der Waals surface area contributed by atoms with Gasteiger partial charge in [-0.15, -0.1) is 0 Å². The molecule has 51 heavy (non-hydrogen) atoms. The maximum Gasteiger partial charge on any atom is 0.306 e. The fourth-order valence-corrected chi connectivity index (χ4v) is 7.65. The summed E-state index contributed by atoms with van der Waals surface area (Å²) in [6, 6.07) is 0. The van der Waals surface area contributed by atoms with Crippen LogP contribution in [0.15, 0.2) is 0 Å².